The van der Waals surface area contributed by atoms with Crippen LogP contribution >= 0.6 is 15.9 Å². The Morgan fingerprint density at radius 3 is 2.52 bits per heavy atom. The number of methoxy groups -OCH3 is 1. The van der Waals surface area contributed by atoms with Gasteiger partial charge in [0.2, 0.25) is 0 Å². The van der Waals surface area contributed by atoms with Crippen LogP contribution in [0.1, 0.15) is 22.5 Å². The van der Waals surface area contributed by atoms with Gasteiger partial charge in [0.1, 0.15) is 28.8 Å². The maximum atomic E-state index is 13.4. The first-order valence-corrected chi connectivity index (χ1v) is 9.40. The van der Waals surface area contributed by atoms with E-state index in [0.29, 0.717) is 15.8 Å². The topological polar surface area (TPSA) is 97.8 Å². The SMILES string of the molecule is COc1ccc(CC(=O)Cc2nonc2/C(Cc2ccc(F)c(Br)c2)=N/O)cc1. The molecule has 0 fully saturated rings. The maximum Gasteiger partial charge on any atom is 0.156 e. The van der Waals surface area contributed by atoms with Crippen molar-refractivity contribution in [1.82, 2.24) is 10.3 Å². The minimum Gasteiger partial charge on any atom is -0.497 e. The summed E-state index contributed by atoms with van der Waals surface area (Å²) in [6.07, 6.45) is 0.326. The fraction of sp³-hybridized carbons (Fsp3) is 0.200. The lowest BCUT2D eigenvalue weighted by Gasteiger charge is -2.05. The molecule has 0 saturated heterocycles. The Hall–Kier alpha value is -3.07. The van der Waals surface area contributed by atoms with Gasteiger partial charge in [-0.05, 0) is 56.5 Å². The number of benzene rings is 2. The van der Waals surface area contributed by atoms with E-state index in [1.165, 1.54) is 6.07 Å². The molecule has 150 valence electrons. The zero-order valence-electron chi connectivity index (χ0n) is 15.4. The van der Waals surface area contributed by atoms with Crippen LogP contribution in [0.2, 0.25) is 0 Å². The second kappa shape index (κ2) is 9.42. The first-order chi connectivity index (χ1) is 14.0. The van der Waals surface area contributed by atoms with E-state index in [1.807, 2.05) is 12.1 Å². The van der Waals surface area contributed by atoms with Crippen LogP contribution in [-0.4, -0.2) is 34.1 Å². The number of nitrogens with zero attached hydrogens (tertiary/aromatic N) is 3. The molecule has 2 aromatic carbocycles. The Morgan fingerprint density at radius 1 is 1.14 bits per heavy atom. The fourth-order valence-corrected chi connectivity index (χ4v) is 3.20. The first kappa shape index (κ1) is 20.7. The normalized spacial score (nSPS) is 11.5. The van der Waals surface area contributed by atoms with Gasteiger partial charge < -0.3 is 9.94 Å². The number of carbonyl (C=O) groups excluding carboxylic acids is 1. The van der Waals surface area contributed by atoms with Crippen LogP contribution < -0.4 is 4.74 Å². The molecule has 0 radical (unpaired) electrons. The van der Waals surface area contributed by atoms with Gasteiger partial charge in [0.15, 0.2) is 5.69 Å². The van der Waals surface area contributed by atoms with E-state index in [1.54, 1.807) is 31.4 Å². The predicted molar refractivity (Wildman–Crippen MR) is 106 cm³/mol. The van der Waals surface area contributed by atoms with Crippen LogP contribution in [0.5, 0.6) is 5.75 Å². The summed E-state index contributed by atoms with van der Waals surface area (Å²) in [6.45, 7) is 0. The summed E-state index contributed by atoms with van der Waals surface area (Å²) in [4.78, 5) is 12.4. The number of halogens is 2. The van der Waals surface area contributed by atoms with E-state index in [9.17, 15) is 14.4 Å². The molecule has 1 aromatic heterocycles. The summed E-state index contributed by atoms with van der Waals surface area (Å²) in [5.74, 6) is 0.207. The molecule has 29 heavy (non-hydrogen) atoms. The number of aromatic nitrogens is 2. The fourth-order valence-electron chi connectivity index (χ4n) is 2.77. The highest BCUT2D eigenvalue weighted by Crippen LogP contribution is 2.19. The molecule has 0 spiro atoms. The lowest BCUT2D eigenvalue weighted by atomic mass is 10.0. The largest absolute Gasteiger partial charge is 0.497 e. The number of Topliss-reactive ketones (excluding diaryl/α,β-unsaturated/α-hetero) is 1. The van der Waals surface area contributed by atoms with Gasteiger partial charge in [0, 0.05) is 12.8 Å². The van der Waals surface area contributed by atoms with Gasteiger partial charge in [0.25, 0.3) is 0 Å². The van der Waals surface area contributed by atoms with Crippen molar-refractivity contribution in [3.8, 4) is 5.75 Å². The van der Waals surface area contributed by atoms with Gasteiger partial charge in [0.05, 0.1) is 18.0 Å². The zero-order valence-corrected chi connectivity index (χ0v) is 17.0. The Kier molecular flexibility index (Phi) is 6.71. The minimum atomic E-state index is -0.399. The Morgan fingerprint density at radius 2 is 1.86 bits per heavy atom. The molecular weight excluding hydrogens is 445 g/mol. The van der Waals surface area contributed by atoms with Crippen molar-refractivity contribution in [2.45, 2.75) is 19.3 Å². The molecule has 0 unspecified atom stereocenters. The highest BCUT2D eigenvalue weighted by atomic mass is 79.9. The van der Waals surface area contributed by atoms with Crippen LogP contribution in [-0.2, 0) is 24.1 Å². The van der Waals surface area contributed by atoms with E-state index >= 15 is 0 Å². The summed E-state index contributed by atoms with van der Waals surface area (Å²) >= 11 is 3.12. The van der Waals surface area contributed by atoms with Crippen molar-refractivity contribution >= 4 is 27.4 Å². The summed E-state index contributed by atoms with van der Waals surface area (Å²) in [5, 5.41) is 20.2. The third kappa shape index (κ3) is 5.26. The summed E-state index contributed by atoms with van der Waals surface area (Å²) in [6, 6.07) is 11.6. The van der Waals surface area contributed by atoms with Gasteiger partial charge >= 0.3 is 0 Å². The van der Waals surface area contributed by atoms with Crippen LogP contribution in [0.15, 0.2) is 56.7 Å². The molecule has 3 rings (SSSR count). The molecule has 0 bridgehead atoms. The van der Waals surface area contributed by atoms with E-state index < -0.39 is 5.82 Å². The molecule has 0 aliphatic carbocycles. The van der Waals surface area contributed by atoms with Crippen LogP contribution in [0.25, 0.3) is 0 Å². The third-order valence-corrected chi connectivity index (χ3v) is 4.84. The van der Waals surface area contributed by atoms with Gasteiger partial charge in [-0.1, -0.05) is 28.5 Å². The molecular formula is C20H17BrFN3O4. The number of carbonyl (C=O) groups is 1. The second-order valence-corrected chi connectivity index (χ2v) is 7.13. The van der Waals surface area contributed by atoms with Crippen molar-refractivity contribution in [2.24, 2.45) is 5.16 Å². The van der Waals surface area contributed by atoms with Crippen molar-refractivity contribution in [3.05, 3.63) is 75.3 Å². The smallest absolute Gasteiger partial charge is 0.156 e. The van der Waals surface area contributed by atoms with Crippen LogP contribution in [0.3, 0.4) is 0 Å². The number of hydrogen-bond acceptors (Lipinski definition) is 7. The number of ether oxygens (including phenoxy) is 1. The molecule has 0 amide bonds. The highest BCUT2D eigenvalue weighted by molar-refractivity contribution is 9.10. The van der Waals surface area contributed by atoms with Crippen LogP contribution in [0, 0.1) is 5.82 Å². The van der Waals surface area contributed by atoms with Crippen molar-refractivity contribution in [2.75, 3.05) is 7.11 Å². The zero-order chi connectivity index (χ0) is 20.8. The van der Waals surface area contributed by atoms with Gasteiger partial charge in [-0.25, -0.2) is 9.02 Å². The van der Waals surface area contributed by atoms with Gasteiger partial charge in [-0.3, -0.25) is 4.79 Å². The summed E-state index contributed by atoms with van der Waals surface area (Å²) in [7, 11) is 1.57. The Labute approximate surface area is 174 Å². The van der Waals surface area contributed by atoms with Crippen LogP contribution in [0.4, 0.5) is 4.39 Å². The minimum absolute atomic E-state index is 0.0308. The molecule has 0 aliphatic rings. The number of oxime groups is 1. The lowest BCUT2D eigenvalue weighted by Crippen LogP contribution is -2.13. The van der Waals surface area contributed by atoms with Crippen molar-refractivity contribution in [3.63, 3.8) is 0 Å². The molecule has 0 aliphatic heterocycles. The Balaban J connectivity index is 1.71. The molecule has 0 saturated carbocycles. The lowest BCUT2D eigenvalue weighted by molar-refractivity contribution is -0.117. The standard InChI is InChI=1S/C20H17BrFN3O4/c1-28-15-5-2-12(3-6-15)8-14(26)11-19-20(25-29-24-19)18(23-27)10-13-4-7-17(22)16(21)9-13/h2-7,9,27H,8,10-11H2,1H3/b23-18+. The average Bonchev–Trinajstić information content (AvgIpc) is 3.17. The average molecular weight is 462 g/mol. The molecule has 0 atom stereocenters. The van der Waals surface area contributed by atoms with Gasteiger partial charge in [-0.2, -0.15) is 0 Å². The van der Waals surface area contributed by atoms with E-state index in [2.05, 4.69) is 31.4 Å². The molecule has 9 heteroatoms. The monoisotopic (exact) mass is 461 g/mol. The third-order valence-electron chi connectivity index (χ3n) is 4.23. The number of hydrogen-bond donors (Lipinski definition) is 1. The quantitative estimate of drug-likeness (QED) is 0.311. The number of ketones is 1. The molecule has 7 nitrogen and oxygen atoms in total. The van der Waals surface area contributed by atoms with Gasteiger partial charge in [-0.15, -0.1) is 0 Å². The maximum absolute atomic E-state index is 13.4. The molecule has 1 heterocycles. The van der Waals surface area contributed by atoms with E-state index in [0.717, 1.165) is 5.56 Å². The Bertz CT molecular complexity index is 1030. The summed E-state index contributed by atoms with van der Waals surface area (Å²) < 4.78 is 23.6. The predicted octanol–water partition coefficient (Wildman–Crippen LogP) is 3.76. The van der Waals surface area contributed by atoms with E-state index in [-0.39, 0.29) is 42.1 Å². The molecule has 1 N–H and O–H groups in total. The van der Waals surface area contributed by atoms with Crippen molar-refractivity contribution in [1.29, 1.82) is 0 Å². The van der Waals surface area contributed by atoms with Crippen molar-refractivity contribution < 1.29 is 23.8 Å². The van der Waals surface area contributed by atoms with E-state index in [4.69, 9.17) is 9.37 Å². The first-order valence-electron chi connectivity index (χ1n) is 8.61. The second-order valence-electron chi connectivity index (χ2n) is 6.27. The molecule has 3 aromatic rings. The summed E-state index contributed by atoms with van der Waals surface area (Å²) in [5.41, 5.74) is 2.15. The highest BCUT2D eigenvalue weighted by Gasteiger charge is 2.20. The number of rotatable bonds is 8.